The highest BCUT2D eigenvalue weighted by molar-refractivity contribution is 8.00. The number of methoxy groups -OCH3 is 2. The Labute approximate surface area is 137 Å². The molecule has 2 aromatic carbocycles. The van der Waals surface area contributed by atoms with E-state index in [0.717, 1.165) is 22.6 Å². The average Bonchev–Trinajstić information content (AvgIpc) is 2.52. The molecule has 0 heterocycles. The van der Waals surface area contributed by atoms with Gasteiger partial charge in [-0.2, -0.15) is 0 Å². The van der Waals surface area contributed by atoms with Crippen LogP contribution < -0.4 is 9.47 Å². The van der Waals surface area contributed by atoms with Gasteiger partial charge in [0.1, 0.15) is 11.5 Å². The number of hydrogen-bond donors (Lipinski definition) is 0. The van der Waals surface area contributed by atoms with Crippen molar-refractivity contribution in [2.75, 3.05) is 14.2 Å². The van der Waals surface area contributed by atoms with Crippen molar-refractivity contribution >= 4 is 11.8 Å². The van der Waals surface area contributed by atoms with Crippen molar-refractivity contribution in [3.63, 3.8) is 0 Å². The Morgan fingerprint density at radius 1 is 0.909 bits per heavy atom. The molecule has 0 saturated heterocycles. The fourth-order valence-electron chi connectivity index (χ4n) is 2.54. The molecular weight excluding hydrogens is 292 g/mol. The molecule has 3 heteroatoms. The Morgan fingerprint density at radius 2 is 1.45 bits per heavy atom. The number of hydrogen-bond acceptors (Lipinski definition) is 3. The summed E-state index contributed by atoms with van der Waals surface area (Å²) in [6.07, 6.45) is 0. The first kappa shape index (κ1) is 16.8. The number of rotatable bonds is 6. The first-order valence-electron chi connectivity index (χ1n) is 7.49. The minimum Gasteiger partial charge on any atom is -0.496 e. The summed E-state index contributed by atoms with van der Waals surface area (Å²) in [4.78, 5) is 0. The van der Waals surface area contributed by atoms with E-state index in [1.807, 2.05) is 17.8 Å². The van der Waals surface area contributed by atoms with E-state index >= 15 is 0 Å². The number of ether oxygens (including phenoxy) is 2. The molecule has 1 atom stereocenters. The van der Waals surface area contributed by atoms with E-state index in [1.54, 1.807) is 14.2 Å². The summed E-state index contributed by atoms with van der Waals surface area (Å²) in [5.74, 6) is 1.78. The largest absolute Gasteiger partial charge is 0.496 e. The van der Waals surface area contributed by atoms with Gasteiger partial charge in [0.05, 0.1) is 25.0 Å². The van der Waals surface area contributed by atoms with Gasteiger partial charge in [-0.05, 0) is 35.4 Å². The lowest BCUT2D eigenvalue weighted by molar-refractivity contribution is 0.386. The summed E-state index contributed by atoms with van der Waals surface area (Å²) >= 11 is 1.91. The molecule has 0 radical (unpaired) electrons. The van der Waals surface area contributed by atoms with Gasteiger partial charge >= 0.3 is 0 Å². The predicted molar refractivity (Wildman–Crippen MR) is 95.3 cm³/mol. The van der Waals surface area contributed by atoms with Crippen LogP contribution in [0.15, 0.2) is 42.5 Å². The van der Waals surface area contributed by atoms with E-state index < -0.39 is 0 Å². The monoisotopic (exact) mass is 316 g/mol. The smallest absolute Gasteiger partial charge is 0.127 e. The quantitative estimate of drug-likeness (QED) is 0.726. The molecule has 0 fully saturated rings. The third-order valence-corrected chi connectivity index (χ3v) is 4.79. The molecule has 0 aliphatic rings. The van der Waals surface area contributed by atoms with E-state index in [4.69, 9.17) is 9.47 Å². The molecule has 0 aliphatic carbocycles. The third kappa shape index (κ3) is 3.77. The molecule has 1 unspecified atom stereocenters. The van der Waals surface area contributed by atoms with Crippen molar-refractivity contribution in [3.05, 3.63) is 59.2 Å². The number of benzene rings is 2. The van der Waals surface area contributed by atoms with Crippen LogP contribution in [-0.2, 0) is 0 Å². The first-order chi connectivity index (χ1) is 10.6. The van der Waals surface area contributed by atoms with Crippen LogP contribution in [0.5, 0.6) is 11.5 Å². The van der Waals surface area contributed by atoms with E-state index in [1.165, 1.54) is 5.56 Å². The van der Waals surface area contributed by atoms with Gasteiger partial charge in [0.15, 0.2) is 0 Å². The maximum atomic E-state index is 5.66. The van der Waals surface area contributed by atoms with Crippen molar-refractivity contribution in [1.82, 2.24) is 0 Å². The molecular formula is C19H24O2S. The standard InChI is InChI=1S/C19H24O2S/c1-13(2)22-19(15-9-7-6-8-10-15)18-16(20-4)11-14(3)12-17(18)21-5/h6-13,19H,1-5H3. The van der Waals surface area contributed by atoms with Crippen LogP contribution in [0.25, 0.3) is 0 Å². The van der Waals surface area contributed by atoms with Gasteiger partial charge in [-0.1, -0.05) is 44.2 Å². The summed E-state index contributed by atoms with van der Waals surface area (Å²) in [7, 11) is 3.44. The van der Waals surface area contributed by atoms with Crippen LogP contribution in [0.2, 0.25) is 0 Å². The van der Waals surface area contributed by atoms with Gasteiger partial charge in [0.2, 0.25) is 0 Å². The van der Waals surface area contributed by atoms with Crippen molar-refractivity contribution < 1.29 is 9.47 Å². The SMILES string of the molecule is COc1cc(C)cc(OC)c1C(SC(C)C)c1ccccc1. The lowest BCUT2D eigenvalue weighted by Crippen LogP contribution is -2.06. The molecule has 2 rings (SSSR count). The van der Waals surface area contributed by atoms with Crippen molar-refractivity contribution in [2.24, 2.45) is 0 Å². The fourth-order valence-corrected chi connectivity index (χ4v) is 3.77. The maximum Gasteiger partial charge on any atom is 0.127 e. The lowest BCUT2D eigenvalue weighted by atomic mass is 10.0. The Bertz CT molecular complexity index is 583. The molecule has 2 nitrogen and oxygen atoms in total. The summed E-state index contributed by atoms with van der Waals surface area (Å²) in [5.41, 5.74) is 3.51. The van der Waals surface area contributed by atoms with Crippen molar-refractivity contribution in [2.45, 2.75) is 31.3 Å². The second kappa shape index (κ2) is 7.59. The molecule has 0 N–H and O–H groups in total. The Kier molecular flexibility index (Phi) is 5.78. The second-order valence-corrected chi connectivity index (χ2v) is 7.25. The van der Waals surface area contributed by atoms with Crippen LogP contribution >= 0.6 is 11.8 Å². The van der Waals surface area contributed by atoms with Gasteiger partial charge < -0.3 is 9.47 Å². The fraction of sp³-hybridized carbons (Fsp3) is 0.368. The average molecular weight is 316 g/mol. The van der Waals surface area contributed by atoms with Crippen LogP contribution in [0.3, 0.4) is 0 Å². The lowest BCUT2D eigenvalue weighted by Gasteiger charge is -2.24. The van der Waals surface area contributed by atoms with E-state index in [0.29, 0.717) is 5.25 Å². The van der Waals surface area contributed by atoms with Crippen LogP contribution in [0.4, 0.5) is 0 Å². The third-order valence-electron chi connectivity index (χ3n) is 3.46. The summed E-state index contributed by atoms with van der Waals surface area (Å²) in [5, 5.41) is 0.688. The Morgan fingerprint density at radius 3 is 1.91 bits per heavy atom. The molecule has 0 aromatic heterocycles. The molecule has 118 valence electrons. The van der Waals surface area contributed by atoms with Gasteiger partial charge in [0.25, 0.3) is 0 Å². The normalized spacial score (nSPS) is 12.3. The summed E-state index contributed by atoms with van der Waals surface area (Å²) in [6.45, 7) is 6.49. The second-order valence-electron chi connectivity index (χ2n) is 5.56. The van der Waals surface area contributed by atoms with Gasteiger partial charge in [-0.15, -0.1) is 11.8 Å². The van der Waals surface area contributed by atoms with Crippen LogP contribution in [0.1, 0.15) is 35.8 Å². The van der Waals surface area contributed by atoms with Gasteiger partial charge in [0, 0.05) is 0 Å². The Balaban J connectivity index is 2.61. The predicted octanol–water partition coefficient (Wildman–Crippen LogP) is 5.24. The molecule has 0 spiro atoms. The van der Waals surface area contributed by atoms with Gasteiger partial charge in [-0.3, -0.25) is 0 Å². The molecule has 0 saturated carbocycles. The highest BCUT2D eigenvalue weighted by Crippen LogP contribution is 2.46. The van der Waals surface area contributed by atoms with Crippen LogP contribution in [0, 0.1) is 6.92 Å². The van der Waals surface area contributed by atoms with E-state index in [9.17, 15) is 0 Å². The van der Waals surface area contributed by atoms with E-state index in [2.05, 4.69) is 57.2 Å². The molecule has 22 heavy (non-hydrogen) atoms. The summed E-state index contributed by atoms with van der Waals surface area (Å²) < 4.78 is 11.3. The van der Waals surface area contributed by atoms with E-state index in [-0.39, 0.29) is 5.25 Å². The molecule has 0 amide bonds. The highest BCUT2D eigenvalue weighted by atomic mass is 32.2. The zero-order valence-electron chi connectivity index (χ0n) is 13.9. The number of thioether (sulfide) groups is 1. The summed E-state index contributed by atoms with van der Waals surface area (Å²) in [6, 6.07) is 14.7. The minimum atomic E-state index is 0.187. The first-order valence-corrected chi connectivity index (χ1v) is 8.44. The van der Waals surface area contributed by atoms with Crippen molar-refractivity contribution in [3.8, 4) is 11.5 Å². The highest BCUT2D eigenvalue weighted by Gasteiger charge is 2.24. The van der Waals surface area contributed by atoms with Gasteiger partial charge in [-0.25, -0.2) is 0 Å². The maximum absolute atomic E-state index is 5.66. The number of aryl methyl sites for hydroxylation is 1. The van der Waals surface area contributed by atoms with Crippen LogP contribution in [-0.4, -0.2) is 19.5 Å². The minimum absolute atomic E-state index is 0.187. The topological polar surface area (TPSA) is 18.5 Å². The van der Waals surface area contributed by atoms with Crippen molar-refractivity contribution in [1.29, 1.82) is 0 Å². The zero-order valence-corrected chi connectivity index (χ0v) is 14.7. The molecule has 0 aliphatic heterocycles. The zero-order chi connectivity index (χ0) is 16.1. The molecule has 0 bridgehead atoms. The molecule has 2 aromatic rings. The Hall–Kier alpha value is -1.61.